The number of anilines is 1. The Hall–Kier alpha value is -0.610. The Morgan fingerprint density at radius 3 is 2.61 bits per heavy atom. The molecule has 0 saturated carbocycles. The van der Waals surface area contributed by atoms with E-state index in [1.165, 1.54) is 55.2 Å². The van der Waals surface area contributed by atoms with Crippen molar-refractivity contribution in [2.75, 3.05) is 24.5 Å². The van der Waals surface area contributed by atoms with Gasteiger partial charge in [0.1, 0.15) is 0 Å². The molecule has 1 fully saturated rings. The molecule has 0 spiro atoms. The van der Waals surface area contributed by atoms with Crippen LogP contribution < -0.4 is 10.2 Å². The molecule has 0 bridgehead atoms. The van der Waals surface area contributed by atoms with Crippen LogP contribution >= 0.6 is 11.3 Å². The average molecular weight is 267 g/mol. The minimum absolute atomic E-state index is 0.427. The van der Waals surface area contributed by atoms with Gasteiger partial charge in [-0.2, -0.15) is 0 Å². The van der Waals surface area contributed by atoms with E-state index in [1.54, 1.807) is 0 Å². The van der Waals surface area contributed by atoms with Gasteiger partial charge in [-0.1, -0.05) is 26.2 Å². The number of thiazole rings is 1. The molecule has 1 saturated heterocycles. The van der Waals surface area contributed by atoms with Crippen molar-refractivity contribution in [1.82, 2.24) is 10.3 Å². The quantitative estimate of drug-likeness (QED) is 0.903. The van der Waals surface area contributed by atoms with Crippen molar-refractivity contribution in [3.63, 3.8) is 0 Å². The first-order valence-corrected chi connectivity index (χ1v) is 8.07. The van der Waals surface area contributed by atoms with Gasteiger partial charge >= 0.3 is 0 Å². The molecule has 3 nitrogen and oxygen atoms in total. The lowest BCUT2D eigenvalue weighted by Crippen LogP contribution is -2.26. The summed E-state index contributed by atoms with van der Waals surface area (Å²) in [6.07, 6.45) is 8.85. The summed E-state index contributed by atoms with van der Waals surface area (Å²) in [5.41, 5.74) is 0. The van der Waals surface area contributed by atoms with E-state index in [1.807, 2.05) is 17.5 Å². The fourth-order valence-corrected chi connectivity index (χ4v) is 3.46. The van der Waals surface area contributed by atoms with Crippen LogP contribution in [-0.4, -0.2) is 24.6 Å². The average Bonchev–Trinajstić information content (AvgIpc) is 2.78. The largest absolute Gasteiger partial charge is 0.348 e. The zero-order chi connectivity index (χ0) is 12.8. The molecule has 1 aliphatic rings. The lowest BCUT2D eigenvalue weighted by molar-refractivity contribution is 0.556. The Morgan fingerprint density at radius 2 is 1.94 bits per heavy atom. The maximum absolute atomic E-state index is 4.62. The summed E-state index contributed by atoms with van der Waals surface area (Å²) in [7, 11) is 0. The second-order valence-electron chi connectivity index (χ2n) is 5.08. The van der Waals surface area contributed by atoms with Crippen LogP contribution in [0.5, 0.6) is 0 Å². The van der Waals surface area contributed by atoms with Crippen LogP contribution in [0.25, 0.3) is 0 Å². The minimum atomic E-state index is 0.427. The lowest BCUT2D eigenvalue weighted by Gasteiger charge is -2.23. The maximum Gasteiger partial charge on any atom is 0.185 e. The van der Waals surface area contributed by atoms with Crippen LogP contribution in [0.1, 0.15) is 56.9 Å². The van der Waals surface area contributed by atoms with Crippen LogP contribution in [0, 0.1) is 0 Å². The van der Waals surface area contributed by atoms with Crippen molar-refractivity contribution in [2.24, 2.45) is 0 Å². The van der Waals surface area contributed by atoms with E-state index in [4.69, 9.17) is 0 Å². The van der Waals surface area contributed by atoms with Gasteiger partial charge in [0, 0.05) is 30.2 Å². The molecule has 1 aromatic rings. The van der Waals surface area contributed by atoms with Crippen molar-refractivity contribution >= 4 is 16.5 Å². The van der Waals surface area contributed by atoms with Gasteiger partial charge in [-0.05, 0) is 26.3 Å². The summed E-state index contributed by atoms with van der Waals surface area (Å²) in [4.78, 5) is 8.45. The van der Waals surface area contributed by atoms with E-state index in [0.29, 0.717) is 6.04 Å². The summed E-state index contributed by atoms with van der Waals surface area (Å²) in [6.45, 7) is 7.74. The van der Waals surface area contributed by atoms with Crippen molar-refractivity contribution in [1.29, 1.82) is 0 Å². The van der Waals surface area contributed by atoms with Crippen LogP contribution in [-0.2, 0) is 0 Å². The summed E-state index contributed by atoms with van der Waals surface area (Å²) in [5.74, 6) is 0. The van der Waals surface area contributed by atoms with Gasteiger partial charge in [0.2, 0.25) is 0 Å². The molecule has 1 aliphatic heterocycles. The van der Waals surface area contributed by atoms with Crippen molar-refractivity contribution in [3.8, 4) is 0 Å². The van der Waals surface area contributed by atoms with Crippen molar-refractivity contribution in [3.05, 3.63) is 11.1 Å². The first-order chi connectivity index (χ1) is 8.81. The highest BCUT2D eigenvalue weighted by Gasteiger charge is 2.14. The van der Waals surface area contributed by atoms with E-state index < -0.39 is 0 Å². The molecule has 4 heteroatoms. The standard InChI is InChI=1S/C14H25N3S/c1-3-15-12(2)13-11-16-14(18-13)17-9-7-5-4-6-8-10-17/h11-12,15H,3-10H2,1-2H3. The molecular weight excluding hydrogens is 242 g/mol. The molecule has 0 aromatic carbocycles. The Labute approximate surface area is 115 Å². The van der Waals surface area contributed by atoms with E-state index in [2.05, 4.69) is 29.0 Å². The lowest BCUT2D eigenvalue weighted by atomic mass is 10.1. The van der Waals surface area contributed by atoms with Gasteiger partial charge in [-0.15, -0.1) is 11.3 Å². The summed E-state index contributed by atoms with van der Waals surface area (Å²) in [5, 5.41) is 4.67. The van der Waals surface area contributed by atoms with Gasteiger partial charge in [0.05, 0.1) is 0 Å². The Balaban J connectivity index is 1.98. The molecule has 1 atom stereocenters. The second-order valence-corrected chi connectivity index (χ2v) is 6.12. The van der Waals surface area contributed by atoms with Gasteiger partial charge in [-0.25, -0.2) is 4.98 Å². The summed E-state index contributed by atoms with van der Waals surface area (Å²) in [6, 6.07) is 0.427. The van der Waals surface area contributed by atoms with E-state index in [-0.39, 0.29) is 0 Å². The molecule has 2 rings (SSSR count). The molecule has 1 aromatic heterocycles. The number of nitrogens with zero attached hydrogens (tertiary/aromatic N) is 2. The third-order valence-electron chi connectivity index (χ3n) is 3.58. The highest BCUT2D eigenvalue weighted by Crippen LogP contribution is 2.28. The topological polar surface area (TPSA) is 28.2 Å². The van der Waals surface area contributed by atoms with Crippen LogP contribution in [0.3, 0.4) is 0 Å². The number of hydrogen-bond donors (Lipinski definition) is 1. The summed E-state index contributed by atoms with van der Waals surface area (Å²) < 4.78 is 0. The Morgan fingerprint density at radius 1 is 1.28 bits per heavy atom. The first-order valence-electron chi connectivity index (χ1n) is 7.25. The van der Waals surface area contributed by atoms with Crippen molar-refractivity contribution < 1.29 is 0 Å². The van der Waals surface area contributed by atoms with Gasteiger partial charge in [0.15, 0.2) is 5.13 Å². The third kappa shape index (κ3) is 3.69. The highest BCUT2D eigenvalue weighted by molar-refractivity contribution is 7.15. The molecule has 2 heterocycles. The molecule has 102 valence electrons. The fourth-order valence-electron chi connectivity index (χ4n) is 2.47. The Bertz CT molecular complexity index is 343. The zero-order valence-electron chi connectivity index (χ0n) is 11.6. The zero-order valence-corrected chi connectivity index (χ0v) is 12.4. The van der Waals surface area contributed by atoms with E-state index >= 15 is 0 Å². The normalized spacial score (nSPS) is 19.3. The van der Waals surface area contributed by atoms with Gasteiger partial charge in [0.25, 0.3) is 0 Å². The minimum Gasteiger partial charge on any atom is -0.348 e. The number of nitrogens with one attached hydrogen (secondary N) is 1. The number of hydrogen-bond acceptors (Lipinski definition) is 4. The second kappa shape index (κ2) is 7.10. The molecule has 1 unspecified atom stereocenters. The van der Waals surface area contributed by atoms with Gasteiger partial charge < -0.3 is 10.2 Å². The molecule has 0 radical (unpaired) electrons. The highest BCUT2D eigenvalue weighted by atomic mass is 32.1. The molecule has 0 amide bonds. The molecular formula is C14H25N3S. The van der Waals surface area contributed by atoms with Gasteiger partial charge in [-0.3, -0.25) is 0 Å². The van der Waals surface area contributed by atoms with Crippen molar-refractivity contribution in [2.45, 2.75) is 52.0 Å². The number of rotatable bonds is 4. The smallest absolute Gasteiger partial charge is 0.185 e. The summed E-state index contributed by atoms with van der Waals surface area (Å²) >= 11 is 1.86. The molecule has 1 N–H and O–H groups in total. The Kier molecular flexibility index (Phi) is 5.45. The predicted molar refractivity (Wildman–Crippen MR) is 79.5 cm³/mol. The predicted octanol–water partition coefficient (Wildman–Crippen LogP) is 3.58. The van der Waals surface area contributed by atoms with E-state index in [9.17, 15) is 0 Å². The maximum atomic E-state index is 4.62. The van der Waals surface area contributed by atoms with Crippen LogP contribution in [0.4, 0.5) is 5.13 Å². The monoisotopic (exact) mass is 267 g/mol. The molecule has 18 heavy (non-hydrogen) atoms. The fraction of sp³-hybridized carbons (Fsp3) is 0.786. The SMILES string of the molecule is CCNC(C)c1cnc(N2CCCCCCC2)s1. The number of aromatic nitrogens is 1. The van der Waals surface area contributed by atoms with Crippen LogP contribution in [0.2, 0.25) is 0 Å². The van der Waals surface area contributed by atoms with Crippen LogP contribution in [0.15, 0.2) is 6.20 Å². The first kappa shape index (κ1) is 13.8. The third-order valence-corrected chi connectivity index (χ3v) is 4.82. The van der Waals surface area contributed by atoms with E-state index in [0.717, 1.165) is 6.54 Å². The molecule has 0 aliphatic carbocycles.